The van der Waals surface area contributed by atoms with Crippen LogP contribution in [0.4, 0.5) is 0 Å². The second kappa shape index (κ2) is 7.09. The molecule has 1 aliphatic carbocycles. The molecule has 2 aromatic rings. The van der Waals surface area contributed by atoms with E-state index in [1.807, 2.05) is 0 Å². The molecule has 1 saturated carbocycles. The number of amides is 1. The lowest BCUT2D eigenvalue weighted by molar-refractivity contribution is 0.0921. The zero-order valence-electron chi connectivity index (χ0n) is 15.4. The molecule has 1 aliphatic heterocycles. The van der Waals surface area contributed by atoms with Crippen LogP contribution in [0.3, 0.4) is 0 Å². The molecule has 1 amide bonds. The predicted octanol–water partition coefficient (Wildman–Crippen LogP) is 2.46. The molecule has 0 saturated heterocycles. The summed E-state index contributed by atoms with van der Waals surface area (Å²) < 4.78 is 29.1. The monoisotopic (exact) mass is 388 g/mol. The van der Waals surface area contributed by atoms with Crippen LogP contribution in [0.1, 0.15) is 55.2 Å². The molecule has 4 rings (SSSR count). The maximum absolute atomic E-state index is 13.0. The lowest BCUT2D eigenvalue weighted by Crippen LogP contribution is -2.37. The summed E-state index contributed by atoms with van der Waals surface area (Å²) in [6.07, 6.45) is 6.99. The molecule has 1 fully saturated rings. The fourth-order valence-electron chi connectivity index (χ4n) is 3.97. The van der Waals surface area contributed by atoms with Crippen LogP contribution >= 0.6 is 0 Å². The number of aromatic nitrogens is 2. The zero-order valence-corrected chi connectivity index (χ0v) is 16.2. The first-order chi connectivity index (χ1) is 13.0. The molecule has 2 heterocycles. The third kappa shape index (κ3) is 3.17. The molecule has 1 aromatic carbocycles. The number of imidazole rings is 1. The van der Waals surface area contributed by atoms with E-state index in [0.29, 0.717) is 23.6 Å². The summed E-state index contributed by atoms with van der Waals surface area (Å²) in [5, 5.41) is 3.09. The Labute approximate surface area is 159 Å². The fraction of sp³-hybridized carbons (Fsp3) is 0.474. The van der Waals surface area contributed by atoms with Gasteiger partial charge in [0.2, 0.25) is 10.0 Å². The minimum Gasteiger partial charge on any atom is -0.348 e. The molecule has 8 heteroatoms. The SMILES string of the molecule is CCN1Cc2c(C(=O)NC3CCCCC3)ncn2-c2ccccc2S1(=O)=O. The molecule has 1 N–H and O–H groups in total. The highest BCUT2D eigenvalue weighted by atomic mass is 32.2. The van der Waals surface area contributed by atoms with E-state index in [0.717, 1.165) is 25.7 Å². The Morgan fingerprint density at radius 2 is 1.96 bits per heavy atom. The molecule has 144 valence electrons. The van der Waals surface area contributed by atoms with Crippen molar-refractivity contribution in [1.29, 1.82) is 0 Å². The van der Waals surface area contributed by atoms with Gasteiger partial charge in [-0.3, -0.25) is 9.36 Å². The van der Waals surface area contributed by atoms with E-state index in [1.165, 1.54) is 10.7 Å². The molecule has 0 spiro atoms. The number of rotatable bonds is 3. The van der Waals surface area contributed by atoms with E-state index in [4.69, 9.17) is 0 Å². The van der Waals surface area contributed by atoms with Crippen molar-refractivity contribution in [3.8, 4) is 5.69 Å². The Kier molecular flexibility index (Phi) is 4.77. The second-order valence-electron chi connectivity index (χ2n) is 7.12. The number of hydrogen-bond acceptors (Lipinski definition) is 4. The standard InChI is InChI=1S/C19H24N4O3S/c1-2-22-12-16-18(19(24)21-14-8-4-3-5-9-14)20-13-23(16)15-10-6-7-11-17(15)27(22,25)26/h6-7,10-11,13-14H,2-5,8-9,12H2,1H3,(H,21,24). The number of carbonyl (C=O) groups excluding carboxylic acids is 1. The van der Waals surface area contributed by atoms with Crippen molar-refractivity contribution in [2.45, 2.75) is 56.5 Å². The van der Waals surface area contributed by atoms with Gasteiger partial charge in [0.1, 0.15) is 11.2 Å². The number of carbonyl (C=O) groups is 1. The normalized spacial score (nSPS) is 19.7. The number of sulfonamides is 1. The molecule has 0 bridgehead atoms. The van der Waals surface area contributed by atoms with Crippen LogP contribution in [0, 0.1) is 0 Å². The van der Waals surface area contributed by atoms with Gasteiger partial charge in [0.25, 0.3) is 5.91 Å². The van der Waals surface area contributed by atoms with Gasteiger partial charge < -0.3 is 5.32 Å². The molecule has 0 unspecified atom stereocenters. The summed E-state index contributed by atoms with van der Waals surface area (Å²) in [6.45, 7) is 2.25. The van der Waals surface area contributed by atoms with E-state index in [9.17, 15) is 13.2 Å². The van der Waals surface area contributed by atoms with Crippen LogP contribution in [0.15, 0.2) is 35.5 Å². The van der Waals surface area contributed by atoms with Gasteiger partial charge in [0.05, 0.1) is 17.9 Å². The third-order valence-electron chi connectivity index (χ3n) is 5.44. The number of benzene rings is 1. The van der Waals surface area contributed by atoms with E-state index in [2.05, 4.69) is 10.3 Å². The topological polar surface area (TPSA) is 84.3 Å². The van der Waals surface area contributed by atoms with Crippen molar-refractivity contribution in [1.82, 2.24) is 19.2 Å². The number of nitrogens with one attached hydrogen (secondary N) is 1. The predicted molar refractivity (Wildman–Crippen MR) is 101 cm³/mol. The van der Waals surface area contributed by atoms with Gasteiger partial charge in [0.15, 0.2) is 5.69 Å². The van der Waals surface area contributed by atoms with Crippen LogP contribution in [0.25, 0.3) is 5.69 Å². The van der Waals surface area contributed by atoms with Gasteiger partial charge in [0, 0.05) is 12.6 Å². The Bertz CT molecular complexity index is 961. The Balaban J connectivity index is 1.75. The van der Waals surface area contributed by atoms with Gasteiger partial charge >= 0.3 is 0 Å². The van der Waals surface area contributed by atoms with Crippen molar-refractivity contribution < 1.29 is 13.2 Å². The molecular weight excluding hydrogens is 364 g/mol. The van der Waals surface area contributed by atoms with Crippen LogP contribution in [-0.4, -0.2) is 40.8 Å². The van der Waals surface area contributed by atoms with Gasteiger partial charge in [-0.05, 0) is 25.0 Å². The lowest BCUT2D eigenvalue weighted by atomic mass is 9.95. The van der Waals surface area contributed by atoms with E-state index >= 15 is 0 Å². The molecular formula is C19H24N4O3S. The maximum atomic E-state index is 13.0. The molecule has 0 atom stereocenters. The van der Waals surface area contributed by atoms with Crippen LogP contribution < -0.4 is 5.32 Å². The minimum absolute atomic E-state index is 0.126. The van der Waals surface area contributed by atoms with Crippen molar-refractivity contribution in [3.63, 3.8) is 0 Å². The average Bonchev–Trinajstić information content (AvgIpc) is 3.06. The Morgan fingerprint density at radius 3 is 2.70 bits per heavy atom. The Morgan fingerprint density at radius 1 is 1.22 bits per heavy atom. The first-order valence-corrected chi connectivity index (χ1v) is 10.9. The summed E-state index contributed by atoms with van der Waals surface area (Å²) >= 11 is 0. The lowest BCUT2D eigenvalue weighted by Gasteiger charge is -2.23. The smallest absolute Gasteiger partial charge is 0.272 e. The van der Waals surface area contributed by atoms with Crippen molar-refractivity contribution in [2.75, 3.05) is 6.54 Å². The van der Waals surface area contributed by atoms with Gasteiger partial charge in [-0.1, -0.05) is 38.3 Å². The zero-order chi connectivity index (χ0) is 19.0. The quantitative estimate of drug-likeness (QED) is 0.875. The summed E-state index contributed by atoms with van der Waals surface area (Å²) in [7, 11) is -3.62. The first-order valence-electron chi connectivity index (χ1n) is 9.49. The number of hydrogen-bond donors (Lipinski definition) is 1. The first kappa shape index (κ1) is 18.2. The largest absolute Gasteiger partial charge is 0.348 e. The summed E-state index contributed by atoms with van der Waals surface area (Å²) in [5.41, 5.74) is 1.46. The molecule has 0 radical (unpaired) electrons. The average molecular weight is 388 g/mol. The molecule has 2 aliphatic rings. The maximum Gasteiger partial charge on any atom is 0.272 e. The fourth-order valence-corrected chi connectivity index (χ4v) is 5.56. The van der Waals surface area contributed by atoms with Crippen LogP contribution in [-0.2, 0) is 16.6 Å². The van der Waals surface area contributed by atoms with E-state index in [-0.39, 0.29) is 23.4 Å². The summed E-state index contributed by atoms with van der Waals surface area (Å²) in [5.74, 6) is -0.219. The highest BCUT2D eigenvalue weighted by molar-refractivity contribution is 7.89. The van der Waals surface area contributed by atoms with Crippen molar-refractivity contribution in [3.05, 3.63) is 42.0 Å². The molecule has 27 heavy (non-hydrogen) atoms. The van der Waals surface area contributed by atoms with E-state index in [1.54, 1.807) is 42.1 Å². The molecule has 7 nitrogen and oxygen atoms in total. The minimum atomic E-state index is -3.62. The van der Waals surface area contributed by atoms with Crippen LogP contribution in [0.5, 0.6) is 0 Å². The number of para-hydroxylation sites is 1. The number of fused-ring (bicyclic) bond motifs is 3. The summed E-state index contributed by atoms with van der Waals surface area (Å²) in [6, 6.07) is 7.03. The van der Waals surface area contributed by atoms with E-state index < -0.39 is 10.0 Å². The second-order valence-corrected chi connectivity index (χ2v) is 9.02. The highest BCUT2D eigenvalue weighted by Crippen LogP contribution is 2.31. The number of nitrogens with zero attached hydrogens (tertiary/aromatic N) is 3. The molecule has 1 aromatic heterocycles. The van der Waals surface area contributed by atoms with Gasteiger partial charge in [-0.15, -0.1) is 0 Å². The summed E-state index contributed by atoms with van der Waals surface area (Å²) in [4.78, 5) is 17.5. The van der Waals surface area contributed by atoms with Crippen molar-refractivity contribution >= 4 is 15.9 Å². The van der Waals surface area contributed by atoms with Crippen LogP contribution in [0.2, 0.25) is 0 Å². The highest BCUT2D eigenvalue weighted by Gasteiger charge is 2.34. The van der Waals surface area contributed by atoms with Gasteiger partial charge in [-0.25, -0.2) is 13.4 Å². The van der Waals surface area contributed by atoms with Gasteiger partial charge in [-0.2, -0.15) is 4.31 Å². The Hall–Kier alpha value is -2.19. The van der Waals surface area contributed by atoms with Crippen molar-refractivity contribution in [2.24, 2.45) is 0 Å². The third-order valence-corrected chi connectivity index (χ3v) is 7.41.